The number of hydrogen-bond acceptors (Lipinski definition) is 1. The zero-order valence-corrected chi connectivity index (χ0v) is 17.6. The van der Waals surface area contributed by atoms with E-state index in [9.17, 15) is 4.79 Å². The maximum Gasteiger partial charge on any atom is 0.328 e. The van der Waals surface area contributed by atoms with Crippen LogP contribution in [0, 0.1) is 0 Å². The molecular weight excluding hydrogens is 332 g/mol. The summed E-state index contributed by atoms with van der Waals surface area (Å²) in [5.41, 5.74) is 5.71. The Labute approximate surface area is 164 Å². The first-order valence-corrected chi connectivity index (χ1v) is 10.3. The lowest BCUT2D eigenvalue weighted by Gasteiger charge is -2.43. The number of carboxylic acid groups (broad SMARTS) is 1. The molecule has 3 rings (SSSR count). The Morgan fingerprint density at radius 1 is 0.963 bits per heavy atom. The normalized spacial score (nSPS) is 23.4. The zero-order valence-electron chi connectivity index (χ0n) is 17.6. The van der Waals surface area contributed by atoms with Crippen molar-refractivity contribution in [3.05, 3.63) is 58.7 Å². The molecule has 1 saturated carbocycles. The Kier molecular flexibility index (Phi) is 5.14. The van der Waals surface area contributed by atoms with Crippen LogP contribution in [0.1, 0.15) is 89.8 Å². The van der Waals surface area contributed by atoms with Crippen LogP contribution in [0.4, 0.5) is 0 Å². The minimum absolute atomic E-state index is 0.0420. The van der Waals surface area contributed by atoms with Gasteiger partial charge in [0.05, 0.1) is 0 Å². The fourth-order valence-corrected chi connectivity index (χ4v) is 4.99. The first-order valence-electron chi connectivity index (χ1n) is 10.3. The minimum Gasteiger partial charge on any atom is -0.478 e. The lowest BCUT2D eigenvalue weighted by molar-refractivity contribution is -0.131. The van der Waals surface area contributed by atoms with E-state index in [4.69, 9.17) is 5.11 Å². The molecule has 0 radical (unpaired) electrons. The topological polar surface area (TPSA) is 37.3 Å². The molecule has 1 aromatic carbocycles. The fraction of sp³-hybridized carbons (Fsp3) is 0.560. The van der Waals surface area contributed by atoms with Gasteiger partial charge in [0, 0.05) is 11.5 Å². The molecule has 1 N–H and O–H groups in total. The van der Waals surface area contributed by atoms with Gasteiger partial charge in [-0.3, -0.25) is 0 Å². The summed E-state index contributed by atoms with van der Waals surface area (Å²) in [5.74, 6) is -0.879. The van der Waals surface area contributed by atoms with Crippen LogP contribution < -0.4 is 0 Å². The second-order valence-electron chi connectivity index (χ2n) is 9.95. The molecule has 1 fully saturated rings. The molecule has 2 aliphatic carbocycles. The van der Waals surface area contributed by atoms with Gasteiger partial charge in [-0.2, -0.15) is 0 Å². The summed E-state index contributed by atoms with van der Waals surface area (Å²) in [7, 11) is 0. The number of hydrogen-bond donors (Lipinski definition) is 1. The fourth-order valence-electron chi connectivity index (χ4n) is 4.99. The summed E-state index contributed by atoms with van der Waals surface area (Å²) >= 11 is 0. The van der Waals surface area contributed by atoms with E-state index in [0.29, 0.717) is 0 Å². The molecular formula is C25H34O2. The summed E-state index contributed by atoms with van der Waals surface area (Å²) in [5, 5.41) is 8.99. The summed E-state index contributed by atoms with van der Waals surface area (Å²) < 4.78 is 0. The van der Waals surface area contributed by atoms with Gasteiger partial charge >= 0.3 is 5.97 Å². The Hall–Kier alpha value is -1.83. The molecule has 0 aromatic heterocycles. The molecule has 2 nitrogen and oxygen atoms in total. The number of rotatable bonds is 4. The van der Waals surface area contributed by atoms with Crippen LogP contribution in [0.2, 0.25) is 0 Å². The number of fused-ring (bicyclic) bond motifs is 1. The molecule has 1 aromatic rings. The van der Waals surface area contributed by atoms with E-state index in [-0.39, 0.29) is 16.2 Å². The van der Waals surface area contributed by atoms with Crippen molar-refractivity contribution in [2.45, 2.75) is 89.4 Å². The van der Waals surface area contributed by atoms with Gasteiger partial charge < -0.3 is 5.11 Å². The number of allylic oxidation sites excluding steroid dienone is 3. The standard InChI is InChI=1S/C25H34O2/c1-18(16-22(26)27)10-13-25(11-6-7-12-25)19-8-9-20-21(17-19)24(4,5)15-14-23(20,2)3/h8-10,13,16-17H,6-7,11-12,14-15H2,1-5H3,(H,26,27). The van der Waals surface area contributed by atoms with Crippen LogP contribution in [0.25, 0.3) is 0 Å². The second-order valence-corrected chi connectivity index (χ2v) is 9.95. The molecule has 0 spiro atoms. The molecule has 0 aliphatic heterocycles. The van der Waals surface area contributed by atoms with Crippen molar-refractivity contribution in [2.75, 3.05) is 0 Å². The third-order valence-electron chi connectivity index (χ3n) is 6.94. The predicted octanol–water partition coefficient (Wildman–Crippen LogP) is 6.43. The highest BCUT2D eigenvalue weighted by Gasteiger charge is 2.39. The highest BCUT2D eigenvalue weighted by Crippen LogP contribution is 2.49. The number of carboxylic acids is 1. The predicted molar refractivity (Wildman–Crippen MR) is 112 cm³/mol. The van der Waals surface area contributed by atoms with Gasteiger partial charge in [0.1, 0.15) is 0 Å². The van der Waals surface area contributed by atoms with Crippen LogP contribution in [-0.4, -0.2) is 11.1 Å². The SMILES string of the molecule is CC(C=CC1(c2ccc3c(c2)C(C)(C)CCC3(C)C)CCCC1)=CC(=O)O. The van der Waals surface area contributed by atoms with E-state index in [2.05, 4.69) is 52.0 Å². The maximum absolute atomic E-state index is 10.9. The molecule has 0 atom stereocenters. The minimum atomic E-state index is -0.879. The number of carbonyl (C=O) groups is 1. The first-order chi connectivity index (χ1) is 12.6. The van der Waals surface area contributed by atoms with Crippen LogP contribution >= 0.6 is 0 Å². The van der Waals surface area contributed by atoms with Gasteiger partial charge in [-0.1, -0.05) is 70.9 Å². The van der Waals surface area contributed by atoms with Crippen molar-refractivity contribution in [1.82, 2.24) is 0 Å². The summed E-state index contributed by atoms with van der Waals surface area (Å²) in [6.45, 7) is 11.4. The molecule has 27 heavy (non-hydrogen) atoms. The average molecular weight is 367 g/mol. The molecule has 2 heteroatoms. The Balaban J connectivity index is 2.05. The monoisotopic (exact) mass is 366 g/mol. The lowest BCUT2D eigenvalue weighted by atomic mass is 9.62. The van der Waals surface area contributed by atoms with Gasteiger partial charge in [-0.05, 0) is 65.7 Å². The second kappa shape index (κ2) is 6.96. The highest BCUT2D eigenvalue weighted by molar-refractivity contribution is 5.81. The van der Waals surface area contributed by atoms with Crippen molar-refractivity contribution >= 4 is 5.97 Å². The average Bonchev–Trinajstić information content (AvgIpc) is 3.07. The molecule has 0 amide bonds. The van der Waals surface area contributed by atoms with Gasteiger partial charge in [-0.15, -0.1) is 0 Å². The van der Waals surface area contributed by atoms with E-state index in [1.54, 1.807) is 0 Å². The van der Waals surface area contributed by atoms with Gasteiger partial charge in [0.2, 0.25) is 0 Å². The van der Waals surface area contributed by atoms with Crippen molar-refractivity contribution in [3.8, 4) is 0 Å². The molecule has 0 bridgehead atoms. The van der Waals surface area contributed by atoms with Gasteiger partial charge in [0.25, 0.3) is 0 Å². The van der Waals surface area contributed by atoms with Crippen molar-refractivity contribution in [1.29, 1.82) is 0 Å². The smallest absolute Gasteiger partial charge is 0.328 e. The number of benzene rings is 1. The Morgan fingerprint density at radius 2 is 1.56 bits per heavy atom. The van der Waals surface area contributed by atoms with Crippen LogP contribution in [0.3, 0.4) is 0 Å². The highest BCUT2D eigenvalue weighted by atomic mass is 16.4. The third-order valence-corrected chi connectivity index (χ3v) is 6.94. The van der Waals surface area contributed by atoms with Crippen molar-refractivity contribution in [2.24, 2.45) is 0 Å². The van der Waals surface area contributed by atoms with Gasteiger partial charge in [0.15, 0.2) is 0 Å². The maximum atomic E-state index is 10.9. The van der Waals surface area contributed by atoms with E-state index in [0.717, 1.165) is 18.4 Å². The zero-order chi connectivity index (χ0) is 19.9. The summed E-state index contributed by atoms with van der Waals surface area (Å²) in [6, 6.07) is 7.19. The molecule has 2 aliphatic rings. The Morgan fingerprint density at radius 3 is 2.15 bits per heavy atom. The summed E-state index contributed by atoms with van der Waals surface area (Å²) in [6.07, 6.45) is 12.8. The molecule has 0 heterocycles. The van der Waals surface area contributed by atoms with E-state index < -0.39 is 5.97 Å². The quantitative estimate of drug-likeness (QED) is 0.492. The molecule has 0 unspecified atom stereocenters. The first kappa shape index (κ1) is 19.9. The van der Waals surface area contributed by atoms with E-state index in [1.165, 1.54) is 48.4 Å². The molecule has 146 valence electrons. The number of aliphatic carboxylic acids is 1. The third kappa shape index (κ3) is 3.90. The lowest BCUT2D eigenvalue weighted by Crippen LogP contribution is -2.34. The van der Waals surface area contributed by atoms with E-state index >= 15 is 0 Å². The molecule has 0 saturated heterocycles. The van der Waals surface area contributed by atoms with Gasteiger partial charge in [-0.25, -0.2) is 4.79 Å². The van der Waals surface area contributed by atoms with Crippen LogP contribution in [0.15, 0.2) is 42.0 Å². The van der Waals surface area contributed by atoms with Crippen LogP contribution in [0.5, 0.6) is 0 Å². The summed E-state index contributed by atoms with van der Waals surface area (Å²) in [4.78, 5) is 10.9. The largest absolute Gasteiger partial charge is 0.478 e. The van der Waals surface area contributed by atoms with Crippen LogP contribution in [-0.2, 0) is 21.0 Å². The van der Waals surface area contributed by atoms with Crippen molar-refractivity contribution < 1.29 is 9.90 Å². The van der Waals surface area contributed by atoms with Crippen molar-refractivity contribution in [3.63, 3.8) is 0 Å². The van der Waals surface area contributed by atoms with E-state index in [1.807, 2.05) is 13.0 Å². The Bertz CT molecular complexity index is 787.